The average molecular weight is 231 g/mol. The minimum absolute atomic E-state index is 0.339. The fourth-order valence-electron chi connectivity index (χ4n) is 1.82. The van der Waals surface area contributed by atoms with E-state index in [9.17, 15) is 5.11 Å². The summed E-state index contributed by atoms with van der Waals surface area (Å²) in [4.78, 5) is 0. The van der Waals surface area contributed by atoms with E-state index in [0.717, 1.165) is 19.6 Å². The molecule has 0 radical (unpaired) electrons. The van der Waals surface area contributed by atoms with E-state index < -0.39 is 0 Å². The van der Waals surface area contributed by atoms with Crippen molar-refractivity contribution in [1.82, 2.24) is 0 Å². The molecule has 3 heteroatoms. The van der Waals surface area contributed by atoms with Gasteiger partial charge in [0.2, 0.25) is 0 Å². The van der Waals surface area contributed by atoms with Gasteiger partial charge >= 0.3 is 0 Å². The largest absolute Gasteiger partial charge is 0.388 e. The summed E-state index contributed by atoms with van der Waals surface area (Å²) in [5.41, 5.74) is 1.52. The van der Waals surface area contributed by atoms with Crippen molar-refractivity contribution in [3.05, 3.63) is 36.9 Å². The van der Waals surface area contributed by atoms with Crippen molar-refractivity contribution in [3.63, 3.8) is 0 Å². The quantitative estimate of drug-likeness (QED) is 0.501. The molecule has 0 aliphatic carbocycles. The molecule has 0 fully saturated rings. The molecule has 1 atom stereocenters. The zero-order chi connectivity index (χ0) is 11.7. The zero-order valence-electron chi connectivity index (χ0n) is 9.40. The highest BCUT2D eigenvalue weighted by atomic mass is 35.5. The Morgan fingerprint density at radius 1 is 1.27 bits per heavy atom. The van der Waals surface area contributed by atoms with E-state index in [1.165, 1.54) is 5.54 Å². The molecule has 0 aromatic rings. The van der Waals surface area contributed by atoms with E-state index in [1.54, 1.807) is 6.92 Å². The Labute approximate surface area is 97.8 Å². The summed E-state index contributed by atoms with van der Waals surface area (Å²) < 4.78 is 0.716. The molecule has 15 heavy (non-hydrogen) atoms. The summed E-state index contributed by atoms with van der Waals surface area (Å²) in [6.45, 7) is 12.4. The summed E-state index contributed by atoms with van der Waals surface area (Å²) in [5, 5.41) is 9.50. The molecule has 0 saturated carbocycles. The van der Waals surface area contributed by atoms with Gasteiger partial charge in [0, 0.05) is 5.54 Å². The predicted molar refractivity (Wildman–Crippen MR) is 66.8 cm³/mol. The number of halogens is 1. The lowest BCUT2D eigenvalue weighted by Crippen LogP contribution is -2.52. The first-order chi connectivity index (χ1) is 7.10. The third kappa shape index (κ3) is 5.78. The molecule has 2 nitrogen and oxygen atoms in total. The highest BCUT2D eigenvalue weighted by molar-refractivity contribution is 6.25. The standard InChI is InChI=1S/C12H21ClNO/c1-4-8-14(9-5-2,10-6-7-13)11-12(3)15/h4-7,12,15H,1-2,8-11H2,3H3/q+1. The number of nitrogens with zero attached hydrogens (tertiary/aromatic N) is 1. The minimum atomic E-state index is -0.339. The van der Waals surface area contributed by atoms with Crippen LogP contribution < -0.4 is 0 Å². The maximum atomic E-state index is 9.50. The van der Waals surface area contributed by atoms with Crippen molar-refractivity contribution in [2.75, 3.05) is 26.2 Å². The van der Waals surface area contributed by atoms with E-state index >= 15 is 0 Å². The van der Waals surface area contributed by atoms with Crippen molar-refractivity contribution in [3.8, 4) is 0 Å². The van der Waals surface area contributed by atoms with Crippen molar-refractivity contribution >= 4 is 11.6 Å². The summed E-state index contributed by atoms with van der Waals surface area (Å²) in [6.07, 6.45) is 5.30. The lowest BCUT2D eigenvalue weighted by molar-refractivity contribution is -0.914. The molecule has 0 spiro atoms. The van der Waals surface area contributed by atoms with E-state index in [2.05, 4.69) is 13.2 Å². The van der Waals surface area contributed by atoms with Gasteiger partial charge in [-0.3, -0.25) is 0 Å². The van der Waals surface area contributed by atoms with Crippen LogP contribution in [0.4, 0.5) is 0 Å². The average Bonchev–Trinajstić information content (AvgIpc) is 2.14. The Balaban J connectivity index is 4.68. The second-order valence-corrected chi connectivity index (χ2v) is 4.11. The molecular weight excluding hydrogens is 210 g/mol. The second-order valence-electron chi connectivity index (χ2n) is 3.86. The Kier molecular flexibility index (Phi) is 7.39. The first-order valence-electron chi connectivity index (χ1n) is 5.10. The monoisotopic (exact) mass is 230 g/mol. The molecular formula is C12H21ClNO+. The second kappa shape index (κ2) is 7.69. The molecule has 0 heterocycles. The molecule has 0 amide bonds. The van der Waals surface area contributed by atoms with Crippen molar-refractivity contribution in [2.45, 2.75) is 13.0 Å². The molecule has 1 N–H and O–H groups in total. The van der Waals surface area contributed by atoms with Crippen LogP contribution in [0.1, 0.15) is 6.92 Å². The summed E-state index contributed by atoms with van der Waals surface area (Å²) in [7, 11) is 0. The van der Waals surface area contributed by atoms with Gasteiger partial charge in [0.05, 0.1) is 19.6 Å². The SMILES string of the molecule is C=CC[N+](CC=C)(CC=CCl)CC(C)O. The number of quaternary nitrogens is 1. The predicted octanol–water partition coefficient (Wildman–Crippen LogP) is 2.31. The van der Waals surface area contributed by atoms with Gasteiger partial charge in [-0.05, 0) is 25.2 Å². The highest BCUT2D eigenvalue weighted by Crippen LogP contribution is 2.10. The number of aliphatic hydroxyl groups is 1. The van der Waals surface area contributed by atoms with E-state index in [0.29, 0.717) is 11.0 Å². The van der Waals surface area contributed by atoms with Crippen LogP contribution in [0.15, 0.2) is 36.9 Å². The first-order valence-corrected chi connectivity index (χ1v) is 5.54. The lowest BCUT2D eigenvalue weighted by atomic mass is 10.2. The maximum Gasteiger partial charge on any atom is 0.105 e. The number of hydrogen-bond acceptors (Lipinski definition) is 1. The summed E-state index contributed by atoms with van der Waals surface area (Å²) in [5.74, 6) is 0. The Morgan fingerprint density at radius 2 is 1.80 bits per heavy atom. The van der Waals surface area contributed by atoms with Crippen molar-refractivity contribution < 1.29 is 9.59 Å². The van der Waals surface area contributed by atoms with E-state index in [4.69, 9.17) is 11.6 Å². The molecule has 86 valence electrons. The maximum absolute atomic E-state index is 9.50. The van der Waals surface area contributed by atoms with Crippen molar-refractivity contribution in [2.24, 2.45) is 0 Å². The van der Waals surface area contributed by atoms with Gasteiger partial charge < -0.3 is 9.59 Å². The zero-order valence-corrected chi connectivity index (χ0v) is 10.2. The molecule has 0 aromatic carbocycles. The van der Waals surface area contributed by atoms with Gasteiger partial charge in [0.25, 0.3) is 0 Å². The van der Waals surface area contributed by atoms with Crippen LogP contribution in [0.2, 0.25) is 0 Å². The van der Waals surface area contributed by atoms with Crippen LogP contribution >= 0.6 is 11.6 Å². The van der Waals surface area contributed by atoms with Crippen LogP contribution in [-0.2, 0) is 0 Å². The van der Waals surface area contributed by atoms with E-state index in [1.807, 2.05) is 18.2 Å². The van der Waals surface area contributed by atoms with Crippen LogP contribution in [0, 0.1) is 0 Å². The van der Waals surface area contributed by atoms with Gasteiger partial charge in [0.15, 0.2) is 0 Å². The topological polar surface area (TPSA) is 20.2 Å². The van der Waals surface area contributed by atoms with Gasteiger partial charge in [-0.25, -0.2) is 0 Å². The van der Waals surface area contributed by atoms with Crippen LogP contribution in [0.3, 0.4) is 0 Å². The van der Waals surface area contributed by atoms with Gasteiger partial charge in [-0.1, -0.05) is 24.8 Å². The van der Waals surface area contributed by atoms with Crippen LogP contribution in [0.5, 0.6) is 0 Å². The first kappa shape index (κ1) is 14.4. The van der Waals surface area contributed by atoms with Crippen molar-refractivity contribution in [1.29, 1.82) is 0 Å². The Hall–Kier alpha value is -0.570. The number of aliphatic hydroxyl groups excluding tert-OH is 1. The third-order valence-corrected chi connectivity index (χ3v) is 2.44. The fraction of sp³-hybridized carbons (Fsp3) is 0.500. The molecule has 0 bridgehead atoms. The molecule has 0 saturated heterocycles. The van der Waals surface area contributed by atoms with Gasteiger partial charge in [-0.2, -0.15) is 0 Å². The number of rotatable bonds is 8. The summed E-state index contributed by atoms with van der Waals surface area (Å²) in [6, 6.07) is 0. The number of hydrogen-bond donors (Lipinski definition) is 1. The Morgan fingerprint density at radius 3 is 2.13 bits per heavy atom. The smallest absolute Gasteiger partial charge is 0.105 e. The molecule has 0 aliphatic heterocycles. The van der Waals surface area contributed by atoms with Gasteiger partial charge in [0.1, 0.15) is 12.6 Å². The molecule has 0 aliphatic rings. The molecule has 0 aromatic heterocycles. The summed E-state index contributed by atoms with van der Waals surface area (Å²) >= 11 is 5.54. The fourth-order valence-corrected chi connectivity index (χ4v) is 1.90. The normalized spacial score (nSPS) is 14.1. The molecule has 1 unspecified atom stereocenters. The Bertz CT molecular complexity index is 214. The minimum Gasteiger partial charge on any atom is -0.388 e. The molecule has 0 rings (SSSR count). The lowest BCUT2D eigenvalue weighted by Gasteiger charge is -2.37. The van der Waals surface area contributed by atoms with Crippen LogP contribution in [0.25, 0.3) is 0 Å². The highest BCUT2D eigenvalue weighted by Gasteiger charge is 2.24. The van der Waals surface area contributed by atoms with E-state index in [-0.39, 0.29) is 6.10 Å². The van der Waals surface area contributed by atoms with Crippen LogP contribution in [-0.4, -0.2) is 41.9 Å². The third-order valence-electron chi connectivity index (χ3n) is 2.27. The van der Waals surface area contributed by atoms with Gasteiger partial charge in [-0.15, -0.1) is 0 Å².